The first-order valence-electron chi connectivity index (χ1n) is 6.60. The molecule has 0 aliphatic heterocycles. The predicted octanol–water partition coefficient (Wildman–Crippen LogP) is 4.04. The van der Waals surface area contributed by atoms with Crippen molar-refractivity contribution in [1.82, 2.24) is 4.98 Å². The molecule has 20 heavy (non-hydrogen) atoms. The first-order valence-corrected chi connectivity index (χ1v) is 8.36. The van der Waals surface area contributed by atoms with Gasteiger partial charge in [-0.1, -0.05) is 36.4 Å². The van der Waals surface area contributed by atoms with Crippen molar-refractivity contribution in [2.24, 2.45) is 5.73 Å². The lowest BCUT2D eigenvalue weighted by atomic mass is 10.1. The number of aryl methyl sites for hydroxylation is 2. The van der Waals surface area contributed by atoms with Gasteiger partial charge in [-0.15, -0.1) is 22.7 Å². The highest BCUT2D eigenvalue weighted by Gasteiger charge is 2.13. The number of benzene rings is 1. The largest absolute Gasteiger partial charge is 0.318 e. The zero-order chi connectivity index (χ0) is 13.8. The molecule has 102 valence electrons. The smallest absolute Gasteiger partial charge is 0.0932 e. The van der Waals surface area contributed by atoms with Gasteiger partial charge in [0, 0.05) is 16.7 Å². The third-order valence-electron chi connectivity index (χ3n) is 3.21. The summed E-state index contributed by atoms with van der Waals surface area (Å²) in [4.78, 5) is 5.85. The molecule has 0 fully saturated rings. The summed E-state index contributed by atoms with van der Waals surface area (Å²) in [5.74, 6) is 0. The van der Waals surface area contributed by atoms with E-state index in [1.807, 2.05) is 12.1 Å². The van der Waals surface area contributed by atoms with Crippen molar-refractivity contribution in [1.29, 1.82) is 0 Å². The summed E-state index contributed by atoms with van der Waals surface area (Å²) in [6, 6.07) is 14.5. The topological polar surface area (TPSA) is 38.9 Å². The van der Waals surface area contributed by atoms with Crippen molar-refractivity contribution >= 4 is 22.7 Å². The summed E-state index contributed by atoms with van der Waals surface area (Å²) >= 11 is 3.39. The predicted molar refractivity (Wildman–Crippen MR) is 86.3 cm³/mol. The Kier molecular flexibility index (Phi) is 4.25. The second-order valence-corrected chi connectivity index (χ2v) is 6.57. The van der Waals surface area contributed by atoms with Crippen molar-refractivity contribution in [3.8, 4) is 0 Å². The van der Waals surface area contributed by atoms with E-state index in [1.165, 1.54) is 10.4 Å². The number of aromatic nitrogens is 1. The van der Waals surface area contributed by atoms with Crippen LogP contribution in [0.25, 0.3) is 0 Å². The molecule has 2 aromatic heterocycles. The van der Waals surface area contributed by atoms with Gasteiger partial charge in [-0.05, 0) is 23.4 Å². The minimum atomic E-state index is -0.0864. The van der Waals surface area contributed by atoms with Crippen LogP contribution >= 0.6 is 22.7 Å². The van der Waals surface area contributed by atoms with Crippen LogP contribution in [0.15, 0.2) is 53.2 Å². The minimum absolute atomic E-state index is 0.0864. The second kappa shape index (κ2) is 6.31. The third kappa shape index (κ3) is 3.15. The number of thiophene rings is 1. The second-order valence-electron chi connectivity index (χ2n) is 4.64. The molecule has 0 radical (unpaired) electrons. The highest BCUT2D eigenvalue weighted by molar-refractivity contribution is 7.10. The van der Waals surface area contributed by atoms with Crippen LogP contribution in [0.1, 0.15) is 27.2 Å². The molecule has 0 saturated carbocycles. The molecule has 3 rings (SSSR count). The van der Waals surface area contributed by atoms with Crippen LogP contribution in [-0.4, -0.2) is 4.98 Å². The van der Waals surface area contributed by atoms with Crippen molar-refractivity contribution < 1.29 is 0 Å². The molecule has 0 saturated heterocycles. The molecule has 4 heteroatoms. The van der Waals surface area contributed by atoms with E-state index < -0.39 is 0 Å². The Balaban J connectivity index is 1.65. The molecular weight excluding hydrogens is 284 g/mol. The fraction of sp³-hybridized carbons (Fsp3) is 0.188. The van der Waals surface area contributed by atoms with E-state index in [0.29, 0.717) is 0 Å². The number of rotatable bonds is 5. The van der Waals surface area contributed by atoms with Crippen molar-refractivity contribution in [3.05, 3.63) is 74.4 Å². The molecule has 0 amide bonds. The van der Waals surface area contributed by atoms with Crippen LogP contribution in [0.3, 0.4) is 0 Å². The summed E-state index contributed by atoms with van der Waals surface area (Å²) in [7, 11) is 0. The average molecular weight is 300 g/mol. The summed E-state index contributed by atoms with van der Waals surface area (Å²) in [6.45, 7) is 0. The quantitative estimate of drug-likeness (QED) is 0.772. The number of hydrogen-bond donors (Lipinski definition) is 1. The molecule has 0 aliphatic rings. The Morgan fingerprint density at radius 2 is 1.85 bits per heavy atom. The van der Waals surface area contributed by atoms with E-state index in [1.54, 1.807) is 22.7 Å². The lowest BCUT2D eigenvalue weighted by Gasteiger charge is -2.05. The van der Waals surface area contributed by atoms with Gasteiger partial charge in [0.05, 0.1) is 16.7 Å². The Morgan fingerprint density at radius 1 is 1.00 bits per heavy atom. The number of nitrogens with zero attached hydrogens (tertiary/aromatic N) is 1. The molecular formula is C16H16N2S2. The van der Waals surface area contributed by atoms with E-state index in [9.17, 15) is 0 Å². The van der Waals surface area contributed by atoms with Gasteiger partial charge >= 0.3 is 0 Å². The van der Waals surface area contributed by atoms with E-state index in [4.69, 9.17) is 5.73 Å². The van der Waals surface area contributed by atoms with Gasteiger partial charge in [0.25, 0.3) is 0 Å². The van der Waals surface area contributed by atoms with E-state index in [-0.39, 0.29) is 6.04 Å². The fourth-order valence-corrected chi connectivity index (χ4v) is 3.67. The van der Waals surface area contributed by atoms with E-state index in [0.717, 1.165) is 23.5 Å². The highest BCUT2D eigenvalue weighted by atomic mass is 32.1. The molecule has 1 unspecified atom stereocenters. The van der Waals surface area contributed by atoms with Crippen LogP contribution < -0.4 is 5.73 Å². The Morgan fingerprint density at radius 3 is 2.60 bits per heavy atom. The third-order valence-corrected chi connectivity index (χ3v) is 5.09. The van der Waals surface area contributed by atoms with Gasteiger partial charge in [0.15, 0.2) is 0 Å². The Bertz CT molecular complexity index is 644. The van der Waals surface area contributed by atoms with Crippen LogP contribution in [0, 0.1) is 0 Å². The maximum atomic E-state index is 6.24. The Hall–Kier alpha value is -1.49. The summed E-state index contributed by atoms with van der Waals surface area (Å²) < 4.78 is 0. The molecule has 0 aliphatic carbocycles. The molecule has 2 N–H and O–H groups in total. The summed E-state index contributed by atoms with van der Waals surface area (Å²) in [5.41, 5.74) is 8.58. The molecule has 2 nitrogen and oxygen atoms in total. The van der Waals surface area contributed by atoms with E-state index in [2.05, 4.69) is 46.1 Å². The molecule has 2 heterocycles. The van der Waals surface area contributed by atoms with Crippen LogP contribution in [0.4, 0.5) is 0 Å². The van der Waals surface area contributed by atoms with Gasteiger partial charge in [-0.3, -0.25) is 0 Å². The Labute approximate surface area is 126 Å². The number of hydrogen-bond acceptors (Lipinski definition) is 4. The first-order chi connectivity index (χ1) is 9.83. The van der Waals surface area contributed by atoms with E-state index >= 15 is 0 Å². The number of thiazole rings is 1. The highest BCUT2D eigenvalue weighted by Crippen LogP contribution is 2.25. The monoisotopic (exact) mass is 300 g/mol. The zero-order valence-electron chi connectivity index (χ0n) is 11.0. The first kappa shape index (κ1) is 13.5. The summed E-state index contributed by atoms with van der Waals surface area (Å²) in [5, 5.41) is 5.30. The fourth-order valence-electron chi connectivity index (χ4n) is 2.09. The van der Waals surface area contributed by atoms with Gasteiger partial charge < -0.3 is 5.73 Å². The molecule has 1 atom stereocenters. The van der Waals surface area contributed by atoms with Gasteiger partial charge in [-0.25, -0.2) is 4.98 Å². The molecule has 3 aromatic rings. The lowest BCUT2D eigenvalue weighted by Crippen LogP contribution is -2.10. The average Bonchev–Trinajstić information content (AvgIpc) is 3.17. The van der Waals surface area contributed by atoms with Gasteiger partial charge in [0.2, 0.25) is 0 Å². The van der Waals surface area contributed by atoms with Crippen molar-refractivity contribution in [3.63, 3.8) is 0 Å². The standard InChI is InChI=1S/C16H16N2S2/c17-16(14-7-4-10-19-14)13-11-20-15(18-13)9-8-12-5-2-1-3-6-12/h1-7,10-11,16H,8-9,17H2. The molecule has 0 spiro atoms. The van der Waals surface area contributed by atoms with Crippen LogP contribution in [0.5, 0.6) is 0 Å². The maximum Gasteiger partial charge on any atom is 0.0932 e. The van der Waals surface area contributed by atoms with Crippen molar-refractivity contribution in [2.45, 2.75) is 18.9 Å². The van der Waals surface area contributed by atoms with Crippen LogP contribution in [0.2, 0.25) is 0 Å². The normalized spacial score (nSPS) is 12.4. The lowest BCUT2D eigenvalue weighted by molar-refractivity contribution is 0.837. The van der Waals surface area contributed by atoms with Crippen molar-refractivity contribution in [2.75, 3.05) is 0 Å². The maximum absolute atomic E-state index is 6.24. The number of nitrogens with two attached hydrogens (primary N) is 1. The molecule has 1 aromatic carbocycles. The SMILES string of the molecule is NC(c1csc(CCc2ccccc2)n1)c1cccs1. The summed E-state index contributed by atoms with van der Waals surface area (Å²) in [6.07, 6.45) is 2.01. The van der Waals surface area contributed by atoms with Crippen LogP contribution in [-0.2, 0) is 12.8 Å². The molecule has 0 bridgehead atoms. The van der Waals surface area contributed by atoms with Gasteiger partial charge in [0.1, 0.15) is 0 Å². The van der Waals surface area contributed by atoms with Gasteiger partial charge in [-0.2, -0.15) is 0 Å². The zero-order valence-corrected chi connectivity index (χ0v) is 12.7. The minimum Gasteiger partial charge on any atom is -0.318 e.